The van der Waals surface area contributed by atoms with Gasteiger partial charge in [0, 0.05) is 0 Å². The van der Waals surface area contributed by atoms with Gasteiger partial charge in [-0.1, -0.05) is 37.8 Å². The van der Waals surface area contributed by atoms with Gasteiger partial charge in [-0.3, -0.25) is 0 Å². The molecule has 4 heteroatoms. The predicted octanol–water partition coefficient (Wildman–Crippen LogP) is 4.18. The lowest BCUT2D eigenvalue weighted by atomic mass is 9.71. The van der Waals surface area contributed by atoms with Crippen LogP contribution in [-0.4, -0.2) is 12.2 Å². The normalized spacial score (nSPS) is 23.5. The summed E-state index contributed by atoms with van der Waals surface area (Å²) in [5, 5.41) is 0. The van der Waals surface area contributed by atoms with Gasteiger partial charge in [0.15, 0.2) is 0 Å². The third-order valence-electron chi connectivity index (χ3n) is 4.01. The van der Waals surface area contributed by atoms with E-state index in [0.29, 0.717) is 0 Å². The number of rotatable bonds is 3. The molecule has 1 saturated carbocycles. The zero-order chi connectivity index (χ0) is 13.1. The van der Waals surface area contributed by atoms with Crippen LogP contribution in [0.3, 0.4) is 0 Å². The van der Waals surface area contributed by atoms with E-state index in [1.807, 2.05) is 6.92 Å². The minimum absolute atomic E-state index is 0.0869. The molecule has 1 aliphatic carbocycles. The molecule has 0 bridgehead atoms. The Morgan fingerprint density at radius 3 is 2.29 bits per heavy atom. The molecule has 1 nitrogen and oxygen atoms in total. The summed E-state index contributed by atoms with van der Waals surface area (Å²) in [6, 6.07) is -1.73. The lowest BCUT2D eigenvalue weighted by molar-refractivity contribution is -0.146. The van der Waals surface area contributed by atoms with E-state index in [4.69, 9.17) is 5.73 Å². The maximum Gasteiger partial charge on any atom is 0.403 e. The second-order valence-corrected chi connectivity index (χ2v) is 5.39. The molecule has 0 aromatic carbocycles. The van der Waals surface area contributed by atoms with Crippen molar-refractivity contribution in [2.24, 2.45) is 11.1 Å². The Kier molecular flexibility index (Phi) is 4.64. The smallest absolute Gasteiger partial charge is 0.320 e. The Morgan fingerprint density at radius 2 is 1.82 bits per heavy atom. The molecule has 0 saturated heterocycles. The Bertz CT molecular complexity index is 275. The van der Waals surface area contributed by atoms with Crippen LogP contribution in [0.1, 0.15) is 52.4 Å². The fourth-order valence-corrected chi connectivity index (χ4v) is 2.41. The second-order valence-electron chi connectivity index (χ2n) is 5.39. The molecule has 1 atom stereocenters. The maximum absolute atomic E-state index is 12.3. The van der Waals surface area contributed by atoms with Gasteiger partial charge in [-0.05, 0) is 31.6 Å². The first-order chi connectivity index (χ1) is 7.76. The monoisotopic (exact) mass is 249 g/mol. The Labute approximate surface area is 101 Å². The molecule has 0 spiro atoms. The van der Waals surface area contributed by atoms with Crippen molar-refractivity contribution in [3.05, 3.63) is 11.6 Å². The zero-order valence-corrected chi connectivity index (χ0v) is 10.6. The molecule has 1 unspecified atom stereocenters. The van der Waals surface area contributed by atoms with E-state index in [9.17, 15) is 13.2 Å². The molecule has 0 aromatic heterocycles. The second kappa shape index (κ2) is 5.42. The molecule has 100 valence electrons. The fourth-order valence-electron chi connectivity index (χ4n) is 2.41. The van der Waals surface area contributed by atoms with Crippen LogP contribution >= 0.6 is 0 Å². The summed E-state index contributed by atoms with van der Waals surface area (Å²) in [7, 11) is 0. The molecular formula is C13H22F3N. The molecular weight excluding hydrogens is 227 g/mol. The summed E-state index contributed by atoms with van der Waals surface area (Å²) in [5.74, 6) is 0. The fraction of sp³-hybridized carbons (Fsp3) is 0.846. The van der Waals surface area contributed by atoms with Crippen LogP contribution in [0.15, 0.2) is 11.6 Å². The van der Waals surface area contributed by atoms with Gasteiger partial charge in [-0.25, -0.2) is 0 Å². The minimum atomic E-state index is -4.29. The van der Waals surface area contributed by atoms with E-state index in [1.54, 1.807) is 6.08 Å². The highest BCUT2D eigenvalue weighted by atomic mass is 19.4. The molecule has 1 aliphatic rings. The van der Waals surface area contributed by atoms with Gasteiger partial charge >= 0.3 is 6.18 Å². The summed E-state index contributed by atoms with van der Waals surface area (Å²) in [4.78, 5) is 0. The predicted molar refractivity (Wildman–Crippen MR) is 63.6 cm³/mol. The van der Waals surface area contributed by atoms with Crippen molar-refractivity contribution in [3.63, 3.8) is 0 Å². The third-order valence-corrected chi connectivity index (χ3v) is 4.01. The van der Waals surface area contributed by atoms with Crippen molar-refractivity contribution < 1.29 is 13.2 Å². The van der Waals surface area contributed by atoms with Crippen molar-refractivity contribution in [1.29, 1.82) is 0 Å². The highest BCUT2D eigenvalue weighted by molar-refractivity contribution is 5.12. The van der Waals surface area contributed by atoms with Crippen LogP contribution < -0.4 is 5.73 Å². The quantitative estimate of drug-likeness (QED) is 0.746. The van der Waals surface area contributed by atoms with Crippen molar-refractivity contribution in [2.75, 3.05) is 0 Å². The lowest BCUT2D eigenvalue weighted by Gasteiger charge is -2.35. The first-order valence-electron chi connectivity index (χ1n) is 6.25. The summed E-state index contributed by atoms with van der Waals surface area (Å²) < 4.78 is 36.8. The standard InChI is InChI=1S/C13H22F3N/c1-10(6-7-11(17)13(14,15)16)12(2)8-4-3-5-9-12/h6,11H,3-5,7-9,17H2,1-2H3/b10-6-. The summed E-state index contributed by atoms with van der Waals surface area (Å²) in [6.07, 6.45) is 3.04. The van der Waals surface area contributed by atoms with E-state index >= 15 is 0 Å². The topological polar surface area (TPSA) is 26.0 Å². The van der Waals surface area contributed by atoms with Crippen LogP contribution in [0.4, 0.5) is 13.2 Å². The number of hydrogen-bond donors (Lipinski definition) is 1. The van der Waals surface area contributed by atoms with E-state index < -0.39 is 12.2 Å². The molecule has 2 N–H and O–H groups in total. The summed E-state index contributed by atoms with van der Waals surface area (Å²) >= 11 is 0. The van der Waals surface area contributed by atoms with Crippen molar-refractivity contribution in [1.82, 2.24) is 0 Å². The largest absolute Gasteiger partial charge is 0.403 e. The summed E-state index contributed by atoms with van der Waals surface area (Å²) in [5.41, 5.74) is 6.26. The Morgan fingerprint density at radius 1 is 1.29 bits per heavy atom. The van der Waals surface area contributed by atoms with Gasteiger partial charge in [0.05, 0.1) is 0 Å². The number of halogens is 3. The van der Waals surface area contributed by atoms with Gasteiger partial charge in [-0.2, -0.15) is 13.2 Å². The number of nitrogens with two attached hydrogens (primary N) is 1. The third kappa shape index (κ3) is 4.02. The number of allylic oxidation sites excluding steroid dienone is 1. The first kappa shape index (κ1) is 14.6. The number of hydrogen-bond acceptors (Lipinski definition) is 1. The maximum atomic E-state index is 12.3. The molecule has 0 amide bonds. The van der Waals surface area contributed by atoms with E-state index in [0.717, 1.165) is 18.4 Å². The van der Waals surface area contributed by atoms with Gasteiger partial charge in [0.1, 0.15) is 6.04 Å². The van der Waals surface area contributed by atoms with Crippen LogP contribution in [0.5, 0.6) is 0 Å². The zero-order valence-electron chi connectivity index (χ0n) is 10.6. The molecule has 0 heterocycles. The molecule has 0 aromatic rings. The molecule has 0 radical (unpaired) electrons. The van der Waals surface area contributed by atoms with Gasteiger partial charge < -0.3 is 5.73 Å². The van der Waals surface area contributed by atoms with E-state index in [-0.39, 0.29) is 11.8 Å². The Hall–Kier alpha value is -0.510. The van der Waals surface area contributed by atoms with Crippen molar-refractivity contribution in [3.8, 4) is 0 Å². The van der Waals surface area contributed by atoms with E-state index in [1.165, 1.54) is 19.3 Å². The lowest BCUT2D eigenvalue weighted by Crippen LogP contribution is -2.36. The first-order valence-corrected chi connectivity index (χ1v) is 6.25. The highest BCUT2D eigenvalue weighted by Crippen LogP contribution is 2.42. The number of alkyl halides is 3. The van der Waals surface area contributed by atoms with Crippen molar-refractivity contribution in [2.45, 2.75) is 64.6 Å². The molecule has 17 heavy (non-hydrogen) atoms. The van der Waals surface area contributed by atoms with Crippen LogP contribution in [0, 0.1) is 5.41 Å². The molecule has 1 rings (SSSR count). The van der Waals surface area contributed by atoms with Gasteiger partial charge in [0.25, 0.3) is 0 Å². The minimum Gasteiger partial charge on any atom is -0.320 e. The van der Waals surface area contributed by atoms with Gasteiger partial charge in [0.2, 0.25) is 0 Å². The molecule has 1 fully saturated rings. The average molecular weight is 249 g/mol. The van der Waals surface area contributed by atoms with Crippen LogP contribution in [0.25, 0.3) is 0 Å². The van der Waals surface area contributed by atoms with Crippen LogP contribution in [0.2, 0.25) is 0 Å². The van der Waals surface area contributed by atoms with Crippen molar-refractivity contribution >= 4 is 0 Å². The van der Waals surface area contributed by atoms with E-state index in [2.05, 4.69) is 6.92 Å². The highest BCUT2D eigenvalue weighted by Gasteiger charge is 2.36. The average Bonchev–Trinajstić information content (AvgIpc) is 2.25. The Balaban J connectivity index is 2.59. The SMILES string of the molecule is C/C(=C/CC(N)C(F)(F)F)C1(C)CCCCC1. The molecule has 0 aliphatic heterocycles. The van der Waals surface area contributed by atoms with Gasteiger partial charge in [-0.15, -0.1) is 0 Å². The summed E-state index contributed by atoms with van der Waals surface area (Å²) in [6.45, 7) is 4.09. The van der Waals surface area contributed by atoms with Crippen LogP contribution in [-0.2, 0) is 0 Å².